The Morgan fingerprint density at radius 2 is 1.92 bits per heavy atom. The fourth-order valence-electron chi connectivity index (χ4n) is 2.57. The van der Waals surface area contributed by atoms with Gasteiger partial charge in [-0.1, -0.05) is 41.4 Å². The van der Waals surface area contributed by atoms with Gasteiger partial charge in [-0.15, -0.1) is 22.7 Å². The summed E-state index contributed by atoms with van der Waals surface area (Å²) in [5.41, 5.74) is 0.782. The van der Waals surface area contributed by atoms with Gasteiger partial charge in [0, 0.05) is 15.1 Å². The molecule has 2 aromatic heterocycles. The second kappa shape index (κ2) is 6.40. The normalized spacial score (nSPS) is 12.4. The summed E-state index contributed by atoms with van der Waals surface area (Å²) in [6.07, 6.45) is 0. The molecule has 4 aromatic rings. The smallest absolute Gasteiger partial charge is 0.198 e. The van der Waals surface area contributed by atoms with E-state index in [-0.39, 0.29) is 5.78 Å². The number of ketones is 1. The van der Waals surface area contributed by atoms with Crippen molar-refractivity contribution in [2.45, 2.75) is 5.92 Å². The summed E-state index contributed by atoms with van der Waals surface area (Å²) in [7, 11) is 0. The number of rotatable bonds is 3. The van der Waals surface area contributed by atoms with E-state index < -0.39 is 5.92 Å². The zero-order valence-corrected chi connectivity index (χ0v) is 15.6. The Morgan fingerprint density at radius 1 is 1.12 bits per heavy atom. The number of Topliss-reactive ketones (excluding diaryl/α,β-unsaturated/α-hetero) is 1. The Hall–Kier alpha value is -1.97. The average Bonchev–Trinajstić information content (AvgIpc) is 3.16. The van der Waals surface area contributed by atoms with Crippen LogP contribution in [0.2, 0.25) is 10.0 Å². The summed E-state index contributed by atoms with van der Waals surface area (Å²) in [5, 5.41) is 11.8. The maximum absolute atomic E-state index is 13.0. The van der Waals surface area contributed by atoms with Crippen molar-refractivity contribution in [2.75, 3.05) is 0 Å². The summed E-state index contributed by atoms with van der Waals surface area (Å²) in [6, 6.07) is 14.9. The maximum atomic E-state index is 13.0. The highest BCUT2D eigenvalue weighted by atomic mass is 35.5. The largest absolute Gasteiger partial charge is 0.291 e. The lowest BCUT2D eigenvalue weighted by Gasteiger charge is -2.03. The van der Waals surface area contributed by atoms with Crippen LogP contribution in [0.3, 0.4) is 0 Å². The van der Waals surface area contributed by atoms with E-state index in [1.165, 1.54) is 22.7 Å². The molecule has 0 saturated heterocycles. The van der Waals surface area contributed by atoms with Gasteiger partial charge in [-0.2, -0.15) is 5.26 Å². The standard InChI is InChI=1S/C18H8Cl2N2OS2/c19-9-5-6-10-14(7-9)24-17(15(10)20)16(23)11(8-21)18-22-12-3-1-2-4-13(12)25-18/h1-7,11H. The number of nitriles is 1. The lowest BCUT2D eigenvalue weighted by molar-refractivity contribution is 0.0983. The number of fused-ring (bicyclic) bond motifs is 2. The second-order valence-electron chi connectivity index (χ2n) is 5.33. The van der Waals surface area contributed by atoms with Gasteiger partial charge in [0.1, 0.15) is 5.01 Å². The van der Waals surface area contributed by atoms with Crippen molar-refractivity contribution in [3.05, 3.63) is 62.4 Å². The molecule has 0 aliphatic rings. The molecule has 0 aliphatic carbocycles. The number of carbonyl (C=O) groups is 1. The molecule has 0 N–H and O–H groups in total. The first kappa shape index (κ1) is 16.5. The van der Waals surface area contributed by atoms with E-state index in [1.54, 1.807) is 18.2 Å². The monoisotopic (exact) mass is 402 g/mol. The van der Waals surface area contributed by atoms with Crippen molar-refractivity contribution < 1.29 is 4.79 Å². The molecule has 25 heavy (non-hydrogen) atoms. The van der Waals surface area contributed by atoms with Crippen LogP contribution in [0.1, 0.15) is 20.6 Å². The van der Waals surface area contributed by atoms with Gasteiger partial charge in [-0.05, 0) is 24.3 Å². The summed E-state index contributed by atoms with van der Waals surface area (Å²) >= 11 is 15.0. The lowest BCUT2D eigenvalue weighted by atomic mass is 10.1. The molecule has 0 bridgehead atoms. The van der Waals surface area contributed by atoms with Crippen molar-refractivity contribution in [3.8, 4) is 6.07 Å². The fraction of sp³-hybridized carbons (Fsp3) is 0.0556. The summed E-state index contributed by atoms with van der Waals surface area (Å²) in [4.78, 5) is 17.8. The van der Waals surface area contributed by atoms with Gasteiger partial charge in [-0.3, -0.25) is 4.79 Å². The van der Waals surface area contributed by atoms with E-state index in [2.05, 4.69) is 11.1 Å². The maximum Gasteiger partial charge on any atom is 0.198 e. The Bertz CT molecular complexity index is 1140. The van der Waals surface area contributed by atoms with E-state index in [1.807, 2.05) is 24.3 Å². The molecule has 3 nitrogen and oxygen atoms in total. The SMILES string of the molecule is N#CC(C(=O)c1sc2cc(Cl)ccc2c1Cl)c1nc2ccccc2s1. The molecule has 0 aliphatic heterocycles. The molecule has 0 saturated carbocycles. The van der Waals surface area contributed by atoms with Gasteiger partial charge in [0.15, 0.2) is 11.7 Å². The molecular formula is C18H8Cl2N2OS2. The number of para-hydroxylation sites is 1. The minimum atomic E-state index is -0.974. The third-order valence-electron chi connectivity index (χ3n) is 3.76. The third-order valence-corrected chi connectivity index (χ3v) is 6.77. The minimum Gasteiger partial charge on any atom is -0.291 e. The number of hydrogen-bond acceptors (Lipinski definition) is 5. The quantitative estimate of drug-likeness (QED) is 0.377. The summed E-state index contributed by atoms with van der Waals surface area (Å²) in [6.45, 7) is 0. The van der Waals surface area contributed by atoms with Crippen molar-refractivity contribution in [2.24, 2.45) is 0 Å². The number of nitrogens with zero attached hydrogens (tertiary/aromatic N) is 2. The first-order valence-corrected chi connectivity index (χ1v) is 9.64. The molecule has 7 heteroatoms. The highest BCUT2D eigenvalue weighted by molar-refractivity contribution is 7.22. The third kappa shape index (κ3) is 2.82. The van der Waals surface area contributed by atoms with Crippen molar-refractivity contribution in [1.29, 1.82) is 5.26 Å². The molecule has 1 atom stereocenters. The Balaban J connectivity index is 1.80. The lowest BCUT2D eigenvalue weighted by Crippen LogP contribution is -2.09. The number of hydrogen-bond donors (Lipinski definition) is 0. The molecule has 2 aromatic carbocycles. The second-order valence-corrected chi connectivity index (χ2v) is 8.26. The zero-order chi connectivity index (χ0) is 17.6. The van der Waals surface area contributed by atoms with Crippen molar-refractivity contribution in [3.63, 3.8) is 0 Å². The van der Waals surface area contributed by atoms with Crippen molar-refractivity contribution in [1.82, 2.24) is 4.98 Å². The fourth-order valence-corrected chi connectivity index (χ4v) is 5.35. The van der Waals surface area contributed by atoms with E-state index in [9.17, 15) is 10.1 Å². The van der Waals surface area contributed by atoms with Gasteiger partial charge in [0.25, 0.3) is 0 Å². The van der Waals surface area contributed by atoms with Gasteiger partial charge in [0.05, 0.1) is 26.2 Å². The van der Waals surface area contributed by atoms with Crippen LogP contribution in [0.25, 0.3) is 20.3 Å². The molecule has 0 fully saturated rings. The van der Waals surface area contributed by atoms with Crippen LogP contribution in [0.5, 0.6) is 0 Å². The Labute approximate surface area is 161 Å². The van der Waals surface area contributed by atoms with E-state index in [0.717, 1.165) is 20.3 Å². The van der Waals surface area contributed by atoms with Crippen LogP contribution in [-0.2, 0) is 0 Å². The molecular weight excluding hydrogens is 395 g/mol. The number of halogens is 2. The first-order chi connectivity index (χ1) is 12.1. The van der Waals surface area contributed by atoms with Crippen molar-refractivity contribution >= 4 is 72.0 Å². The zero-order valence-electron chi connectivity index (χ0n) is 12.5. The van der Waals surface area contributed by atoms with E-state index in [4.69, 9.17) is 23.2 Å². The van der Waals surface area contributed by atoms with Gasteiger partial charge < -0.3 is 0 Å². The summed E-state index contributed by atoms with van der Waals surface area (Å²) in [5.74, 6) is -1.30. The number of thiazole rings is 1. The number of benzene rings is 2. The topological polar surface area (TPSA) is 53.8 Å². The van der Waals surface area contributed by atoms with Crippen LogP contribution < -0.4 is 0 Å². The minimum absolute atomic E-state index is 0.330. The Kier molecular flexibility index (Phi) is 4.22. The van der Waals surface area contributed by atoms with E-state index in [0.29, 0.717) is 19.9 Å². The highest BCUT2D eigenvalue weighted by Crippen LogP contribution is 2.40. The molecule has 2 heterocycles. The van der Waals surface area contributed by atoms with Crippen LogP contribution in [-0.4, -0.2) is 10.8 Å². The Morgan fingerprint density at radius 3 is 2.68 bits per heavy atom. The van der Waals surface area contributed by atoms with Crippen LogP contribution in [0, 0.1) is 11.3 Å². The van der Waals surface area contributed by atoms with Gasteiger partial charge in [0.2, 0.25) is 0 Å². The molecule has 1 unspecified atom stereocenters. The molecule has 4 rings (SSSR count). The van der Waals surface area contributed by atoms with Gasteiger partial charge >= 0.3 is 0 Å². The average molecular weight is 403 g/mol. The predicted molar refractivity (Wildman–Crippen MR) is 104 cm³/mol. The molecule has 122 valence electrons. The predicted octanol–water partition coefficient (Wildman–Crippen LogP) is 6.31. The number of carbonyl (C=O) groups excluding carboxylic acids is 1. The van der Waals surface area contributed by atoms with Crippen LogP contribution in [0.4, 0.5) is 0 Å². The van der Waals surface area contributed by atoms with Gasteiger partial charge in [-0.25, -0.2) is 4.98 Å². The molecule has 0 radical (unpaired) electrons. The number of thiophene rings is 1. The molecule has 0 spiro atoms. The highest BCUT2D eigenvalue weighted by Gasteiger charge is 2.29. The van der Waals surface area contributed by atoms with Crippen LogP contribution in [0.15, 0.2) is 42.5 Å². The first-order valence-electron chi connectivity index (χ1n) is 7.25. The van der Waals surface area contributed by atoms with Crippen LogP contribution >= 0.6 is 45.9 Å². The summed E-state index contributed by atoms with van der Waals surface area (Å²) < 4.78 is 1.77. The molecule has 0 amide bonds. The number of aromatic nitrogens is 1. The van der Waals surface area contributed by atoms with E-state index >= 15 is 0 Å².